The molecule has 9 heteroatoms. The largest absolute Gasteiger partial charge is 0.461 e. The lowest BCUT2D eigenvalue weighted by molar-refractivity contribution is -0.160. The second-order valence-electron chi connectivity index (χ2n) is 8.98. The molecule has 0 unspecified atom stereocenters. The zero-order chi connectivity index (χ0) is 24.4. The minimum absolute atomic E-state index is 0.0500. The average Bonchev–Trinajstić information content (AvgIpc) is 2.66. The zero-order valence-electron chi connectivity index (χ0n) is 19.9. The van der Waals surface area contributed by atoms with Crippen LogP contribution in [0.25, 0.3) is 0 Å². The topological polar surface area (TPSA) is 103 Å². The van der Waals surface area contributed by atoms with Crippen LogP contribution < -0.4 is 5.32 Å². The van der Waals surface area contributed by atoms with Crippen LogP contribution in [0.2, 0.25) is 0 Å². The van der Waals surface area contributed by atoms with E-state index in [9.17, 15) is 14.4 Å². The molecule has 0 aliphatic carbocycles. The number of nitrogens with one attached hydrogen (secondary N) is 1. The molecule has 0 bridgehead atoms. The highest BCUT2D eigenvalue weighted by Crippen LogP contribution is 2.15. The Hall–Kier alpha value is -2.55. The number of hydrogen-bond donors (Lipinski definition) is 1. The quantitative estimate of drug-likeness (QED) is 0.266. The highest BCUT2D eigenvalue weighted by atomic mass is 32.2. The molecule has 0 radical (unpaired) electrons. The maximum Gasteiger partial charge on any atom is 0.407 e. The molecule has 0 saturated carbocycles. The van der Waals surface area contributed by atoms with Crippen LogP contribution in [0.5, 0.6) is 0 Å². The first kappa shape index (κ1) is 27.5. The number of amides is 1. The van der Waals surface area contributed by atoms with Gasteiger partial charge in [0.1, 0.15) is 17.8 Å². The molecule has 0 fully saturated rings. The predicted octanol–water partition coefficient (Wildman–Crippen LogP) is 4.12. The molecule has 1 amide bonds. The van der Waals surface area contributed by atoms with Gasteiger partial charge in [-0.15, -0.1) is 11.8 Å². The molecule has 1 rings (SSSR count). The maximum absolute atomic E-state index is 12.7. The lowest BCUT2D eigenvalue weighted by Crippen LogP contribution is -2.36. The Morgan fingerprint density at radius 3 is 2.12 bits per heavy atom. The molecule has 1 N–H and O–H groups in total. The van der Waals surface area contributed by atoms with Crippen molar-refractivity contribution in [3.05, 3.63) is 35.9 Å². The van der Waals surface area contributed by atoms with Crippen LogP contribution in [-0.4, -0.2) is 53.1 Å². The van der Waals surface area contributed by atoms with Gasteiger partial charge in [-0.05, 0) is 53.4 Å². The summed E-state index contributed by atoms with van der Waals surface area (Å²) < 4.78 is 15.9. The predicted molar refractivity (Wildman–Crippen MR) is 126 cm³/mol. The number of benzene rings is 1. The molecule has 8 nitrogen and oxygen atoms in total. The number of hydrogen-bond acceptors (Lipinski definition) is 8. The van der Waals surface area contributed by atoms with Crippen LogP contribution in [0.1, 0.15) is 53.5 Å². The highest BCUT2D eigenvalue weighted by Gasteiger charge is 2.28. The molecule has 0 saturated heterocycles. The standard InChI is InChI=1S/C23H34N2O6S/c1-22(2,3)30-20(27)17(13-19(26)29-15-16-11-9-8-10-12-16)25-18(32-7)14-24-21(28)31-23(4,5)6/h8-12,17H,13-15H2,1-7H3,(H,24,28)/t17-/m0/s1. The molecule has 0 aromatic heterocycles. The van der Waals surface area contributed by atoms with Crippen molar-refractivity contribution in [3.8, 4) is 0 Å². The van der Waals surface area contributed by atoms with Crippen molar-refractivity contribution in [2.45, 2.75) is 71.8 Å². The van der Waals surface area contributed by atoms with E-state index in [2.05, 4.69) is 10.3 Å². The fourth-order valence-electron chi connectivity index (χ4n) is 2.31. The summed E-state index contributed by atoms with van der Waals surface area (Å²) >= 11 is 1.25. The molecule has 0 spiro atoms. The molecular formula is C23H34N2O6S. The van der Waals surface area contributed by atoms with E-state index in [0.29, 0.717) is 5.04 Å². The van der Waals surface area contributed by atoms with Crippen LogP contribution in [-0.2, 0) is 30.4 Å². The summed E-state index contributed by atoms with van der Waals surface area (Å²) in [5.74, 6) is -1.22. The number of thioether (sulfide) groups is 1. The van der Waals surface area contributed by atoms with Gasteiger partial charge < -0.3 is 19.5 Å². The fraction of sp³-hybridized carbons (Fsp3) is 0.565. The van der Waals surface area contributed by atoms with E-state index in [1.54, 1.807) is 47.8 Å². The van der Waals surface area contributed by atoms with E-state index in [1.807, 2.05) is 30.3 Å². The Labute approximate surface area is 194 Å². The Balaban J connectivity index is 2.87. The molecule has 0 aliphatic rings. The van der Waals surface area contributed by atoms with Gasteiger partial charge in [-0.3, -0.25) is 9.79 Å². The summed E-state index contributed by atoms with van der Waals surface area (Å²) in [5, 5.41) is 3.05. The minimum Gasteiger partial charge on any atom is -0.461 e. The Morgan fingerprint density at radius 1 is 1.00 bits per heavy atom. The van der Waals surface area contributed by atoms with E-state index in [0.717, 1.165) is 5.56 Å². The summed E-state index contributed by atoms with van der Waals surface area (Å²) in [4.78, 5) is 41.4. The van der Waals surface area contributed by atoms with E-state index < -0.39 is 35.3 Å². The van der Waals surface area contributed by atoms with E-state index in [-0.39, 0.29) is 19.6 Å². The second kappa shape index (κ2) is 12.5. The van der Waals surface area contributed by atoms with Gasteiger partial charge in [0.05, 0.1) is 18.0 Å². The first-order valence-electron chi connectivity index (χ1n) is 10.3. The lowest BCUT2D eigenvalue weighted by atomic mass is 10.1. The van der Waals surface area contributed by atoms with Crippen molar-refractivity contribution in [3.63, 3.8) is 0 Å². The first-order valence-corrected chi connectivity index (χ1v) is 11.5. The van der Waals surface area contributed by atoms with Gasteiger partial charge >= 0.3 is 18.0 Å². The van der Waals surface area contributed by atoms with Crippen LogP contribution in [0.15, 0.2) is 35.3 Å². The smallest absolute Gasteiger partial charge is 0.407 e. The number of rotatable bonds is 8. The van der Waals surface area contributed by atoms with Crippen LogP contribution in [0, 0.1) is 0 Å². The minimum atomic E-state index is -1.10. The van der Waals surface area contributed by atoms with Crippen molar-refractivity contribution < 1.29 is 28.6 Å². The number of alkyl carbamates (subject to hydrolysis) is 1. The summed E-state index contributed by atoms with van der Waals surface area (Å²) in [6, 6.07) is 8.14. The average molecular weight is 467 g/mol. The molecule has 1 atom stereocenters. The molecular weight excluding hydrogens is 432 g/mol. The Morgan fingerprint density at radius 2 is 1.59 bits per heavy atom. The Kier molecular flexibility index (Phi) is 10.7. The summed E-state index contributed by atoms with van der Waals surface area (Å²) in [6.07, 6.45) is 0.878. The molecule has 178 valence electrons. The van der Waals surface area contributed by atoms with Crippen LogP contribution in [0.4, 0.5) is 4.79 Å². The van der Waals surface area contributed by atoms with Gasteiger partial charge in [-0.1, -0.05) is 30.3 Å². The number of ether oxygens (including phenoxy) is 3. The molecule has 1 aromatic carbocycles. The van der Waals surface area contributed by atoms with Gasteiger partial charge in [0.25, 0.3) is 0 Å². The molecule has 0 aliphatic heterocycles. The summed E-state index contributed by atoms with van der Waals surface area (Å²) in [5.41, 5.74) is -0.542. The van der Waals surface area contributed by atoms with E-state index >= 15 is 0 Å². The van der Waals surface area contributed by atoms with Crippen molar-refractivity contribution in [1.82, 2.24) is 5.32 Å². The zero-order valence-corrected chi connectivity index (χ0v) is 20.7. The third-order valence-corrected chi connectivity index (χ3v) is 4.32. The number of nitrogens with zero attached hydrogens (tertiary/aromatic N) is 1. The Bertz CT molecular complexity index is 797. The molecule has 0 heterocycles. The van der Waals surface area contributed by atoms with Crippen molar-refractivity contribution in [1.29, 1.82) is 0 Å². The first-order chi connectivity index (χ1) is 14.8. The summed E-state index contributed by atoms with van der Waals surface area (Å²) in [7, 11) is 0. The van der Waals surface area contributed by atoms with Gasteiger partial charge in [0.2, 0.25) is 0 Å². The normalized spacial score (nSPS) is 13.2. The fourth-order valence-corrected chi connectivity index (χ4v) is 2.76. The lowest BCUT2D eigenvalue weighted by Gasteiger charge is -2.23. The van der Waals surface area contributed by atoms with Crippen molar-refractivity contribution in [2.24, 2.45) is 4.99 Å². The number of esters is 2. The molecule has 1 aromatic rings. The van der Waals surface area contributed by atoms with Crippen molar-refractivity contribution in [2.75, 3.05) is 12.8 Å². The SMILES string of the molecule is CSC(CNC(=O)OC(C)(C)C)=N[C@@H](CC(=O)OCc1ccccc1)C(=O)OC(C)(C)C. The monoisotopic (exact) mass is 466 g/mol. The van der Waals surface area contributed by atoms with Gasteiger partial charge in [-0.2, -0.15) is 0 Å². The number of aliphatic imine (C=N–C) groups is 1. The molecule has 32 heavy (non-hydrogen) atoms. The second-order valence-corrected chi connectivity index (χ2v) is 9.86. The number of carbonyl (C=O) groups excluding carboxylic acids is 3. The number of carbonyl (C=O) groups is 3. The van der Waals surface area contributed by atoms with Gasteiger partial charge in [0, 0.05) is 0 Å². The van der Waals surface area contributed by atoms with Gasteiger partial charge in [0.15, 0.2) is 6.04 Å². The highest BCUT2D eigenvalue weighted by molar-refractivity contribution is 8.13. The van der Waals surface area contributed by atoms with Gasteiger partial charge in [-0.25, -0.2) is 9.59 Å². The third-order valence-electron chi connectivity index (χ3n) is 3.60. The van der Waals surface area contributed by atoms with Crippen LogP contribution in [0.3, 0.4) is 0 Å². The van der Waals surface area contributed by atoms with E-state index in [4.69, 9.17) is 14.2 Å². The third kappa shape index (κ3) is 12.3. The summed E-state index contributed by atoms with van der Waals surface area (Å²) in [6.45, 7) is 10.6. The van der Waals surface area contributed by atoms with Crippen molar-refractivity contribution >= 4 is 34.8 Å². The van der Waals surface area contributed by atoms with Crippen LogP contribution >= 0.6 is 11.8 Å². The van der Waals surface area contributed by atoms with E-state index in [1.165, 1.54) is 11.8 Å². The maximum atomic E-state index is 12.7.